The Labute approximate surface area is 175 Å². The van der Waals surface area contributed by atoms with Gasteiger partial charge >= 0.3 is 0 Å². The second-order valence-electron chi connectivity index (χ2n) is 6.55. The molecule has 5 nitrogen and oxygen atoms in total. The summed E-state index contributed by atoms with van der Waals surface area (Å²) in [5.41, 5.74) is 1.99. The van der Waals surface area contributed by atoms with Crippen molar-refractivity contribution in [2.75, 3.05) is 11.4 Å². The summed E-state index contributed by atoms with van der Waals surface area (Å²) in [5.74, 6) is -0.215. The van der Waals surface area contributed by atoms with Crippen molar-refractivity contribution >= 4 is 33.2 Å². The monoisotopic (exact) mass is 429 g/mol. The zero-order valence-electron chi connectivity index (χ0n) is 16.2. The zero-order chi connectivity index (χ0) is 21.2. The van der Waals surface area contributed by atoms with Crippen LogP contribution in [0.1, 0.15) is 21.5 Å². The molecule has 0 saturated carbocycles. The number of amides is 1. The van der Waals surface area contributed by atoms with Gasteiger partial charge in [0, 0.05) is 10.6 Å². The van der Waals surface area contributed by atoms with Gasteiger partial charge in [-0.2, -0.15) is 4.31 Å². The predicted molar refractivity (Wildman–Crippen MR) is 114 cm³/mol. The molecule has 0 bridgehead atoms. The van der Waals surface area contributed by atoms with E-state index in [4.69, 9.17) is 16.3 Å². The summed E-state index contributed by atoms with van der Waals surface area (Å²) in [7, 11) is -2.71. The van der Waals surface area contributed by atoms with Crippen LogP contribution in [-0.2, 0) is 10.0 Å². The van der Waals surface area contributed by atoms with Crippen LogP contribution in [-0.4, -0.2) is 21.4 Å². The highest BCUT2D eigenvalue weighted by Gasteiger charge is 2.33. The summed E-state index contributed by atoms with van der Waals surface area (Å²) in [4.78, 5) is 13.4. The van der Waals surface area contributed by atoms with Gasteiger partial charge in [-0.15, -0.1) is 0 Å². The first kappa shape index (κ1) is 20.9. The van der Waals surface area contributed by atoms with E-state index in [-0.39, 0.29) is 10.5 Å². The summed E-state index contributed by atoms with van der Waals surface area (Å²) in [6.45, 7) is 3.60. The predicted octanol–water partition coefficient (Wildman–Crippen LogP) is 5.00. The van der Waals surface area contributed by atoms with E-state index in [2.05, 4.69) is 0 Å². The van der Waals surface area contributed by atoms with Crippen LogP contribution < -0.4 is 9.04 Å². The van der Waals surface area contributed by atoms with E-state index in [9.17, 15) is 13.2 Å². The molecule has 3 aromatic carbocycles. The highest BCUT2D eigenvalue weighted by atomic mass is 35.5. The molecule has 7 heteroatoms. The summed E-state index contributed by atoms with van der Waals surface area (Å²) in [5, 5.41) is 0.404. The van der Waals surface area contributed by atoms with Crippen molar-refractivity contribution in [1.29, 1.82) is 0 Å². The molecule has 0 aromatic heterocycles. The third-order valence-corrected chi connectivity index (χ3v) is 6.40. The third kappa shape index (κ3) is 4.28. The number of methoxy groups -OCH3 is 1. The number of sulfonamides is 1. The molecule has 0 saturated heterocycles. The van der Waals surface area contributed by atoms with Gasteiger partial charge < -0.3 is 4.74 Å². The molecule has 0 aliphatic heterocycles. The zero-order valence-corrected chi connectivity index (χ0v) is 17.8. The van der Waals surface area contributed by atoms with Gasteiger partial charge in [0.25, 0.3) is 15.9 Å². The molecule has 0 unspecified atom stereocenters. The first-order chi connectivity index (χ1) is 13.7. The maximum atomic E-state index is 13.5. The second-order valence-corrected chi connectivity index (χ2v) is 8.77. The van der Waals surface area contributed by atoms with E-state index in [0.717, 1.165) is 9.87 Å². The van der Waals surface area contributed by atoms with Crippen molar-refractivity contribution in [2.45, 2.75) is 18.7 Å². The molecule has 0 heterocycles. The minimum atomic E-state index is -4.19. The van der Waals surface area contributed by atoms with Gasteiger partial charge in [-0.1, -0.05) is 29.8 Å². The van der Waals surface area contributed by atoms with Gasteiger partial charge in [-0.25, -0.2) is 8.42 Å². The molecule has 1 amide bonds. The molecule has 0 aliphatic rings. The number of ether oxygens (including phenoxy) is 1. The molecule has 29 heavy (non-hydrogen) atoms. The molecule has 0 N–H and O–H groups in total. The summed E-state index contributed by atoms with van der Waals surface area (Å²) in [6.07, 6.45) is 0. The Hall–Kier alpha value is -2.83. The number of aryl methyl sites for hydroxylation is 2. The maximum absolute atomic E-state index is 13.5. The first-order valence-corrected chi connectivity index (χ1v) is 10.6. The fraction of sp³-hybridized carbons (Fsp3) is 0.136. The van der Waals surface area contributed by atoms with Crippen molar-refractivity contribution in [2.24, 2.45) is 0 Å². The number of benzene rings is 3. The van der Waals surface area contributed by atoms with Crippen molar-refractivity contribution in [3.05, 3.63) is 88.4 Å². The van der Waals surface area contributed by atoms with Gasteiger partial charge in [0.1, 0.15) is 5.75 Å². The maximum Gasteiger partial charge on any atom is 0.272 e. The first-order valence-electron chi connectivity index (χ1n) is 8.80. The average molecular weight is 430 g/mol. The normalized spacial score (nSPS) is 11.2. The standard InChI is InChI=1S/C22H20ClNO4S/c1-15-7-8-16(2)21(13-15)24(22(25)17-5-4-6-19(14-17)28-3)29(26,27)20-11-9-18(23)10-12-20/h4-14H,1-3H3. The van der Waals surface area contributed by atoms with E-state index in [0.29, 0.717) is 22.0 Å². The van der Waals surface area contributed by atoms with Crippen LogP contribution in [0.25, 0.3) is 0 Å². The van der Waals surface area contributed by atoms with Crippen LogP contribution in [0.2, 0.25) is 5.02 Å². The van der Waals surface area contributed by atoms with Crippen LogP contribution in [0.3, 0.4) is 0 Å². The number of nitrogens with zero attached hydrogens (tertiary/aromatic N) is 1. The van der Waals surface area contributed by atoms with Crippen LogP contribution in [0.15, 0.2) is 71.6 Å². The van der Waals surface area contributed by atoms with Crippen LogP contribution in [0.5, 0.6) is 5.75 Å². The minimum Gasteiger partial charge on any atom is -0.497 e. The van der Waals surface area contributed by atoms with Crippen molar-refractivity contribution in [3.63, 3.8) is 0 Å². The van der Waals surface area contributed by atoms with Crippen molar-refractivity contribution in [3.8, 4) is 5.75 Å². The highest BCUT2D eigenvalue weighted by molar-refractivity contribution is 7.93. The van der Waals surface area contributed by atoms with Crippen LogP contribution in [0, 0.1) is 13.8 Å². The molecule has 3 rings (SSSR count). The summed E-state index contributed by atoms with van der Waals surface area (Å²) >= 11 is 5.91. The average Bonchev–Trinajstić information content (AvgIpc) is 2.71. The molecule has 3 aromatic rings. The number of halogens is 1. The lowest BCUT2D eigenvalue weighted by atomic mass is 10.1. The minimum absolute atomic E-state index is 0.0287. The molecular formula is C22H20ClNO4S. The van der Waals surface area contributed by atoms with Gasteiger partial charge in [0.15, 0.2) is 0 Å². The number of rotatable bonds is 5. The molecule has 0 spiro atoms. The molecule has 0 radical (unpaired) electrons. The van der Waals surface area contributed by atoms with E-state index >= 15 is 0 Å². The lowest BCUT2D eigenvalue weighted by Crippen LogP contribution is -2.37. The van der Waals surface area contributed by atoms with E-state index in [1.165, 1.54) is 37.4 Å². The molecule has 0 atom stereocenters. The molecular weight excluding hydrogens is 410 g/mol. The molecule has 0 aliphatic carbocycles. The molecule has 0 fully saturated rings. The Balaban J connectivity index is 2.22. The van der Waals surface area contributed by atoms with Crippen LogP contribution >= 0.6 is 11.6 Å². The smallest absolute Gasteiger partial charge is 0.272 e. The van der Waals surface area contributed by atoms with E-state index < -0.39 is 15.9 Å². The highest BCUT2D eigenvalue weighted by Crippen LogP contribution is 2.30. The second kappa shape index (κ2) is 8.27. The van der Waals surface area contributed by atoms with E-state index in [1.807, 2.05) is 13.0 Å². The van der Waals surface area contributed by atoms with Crippen molar-refractivity contribution < 1.29 is 17.9 Å². The summed E-state index contributed by atoms with van der Waals surface area (Å²) in [6, 6.07) is 17.4. The number of carbonyl (C=O) groups excluding carboxylic acids is 1. The van der Waals surface area contributed by atoms with Crippen molar-refractivity contribution in [1.82, 2.24) is 0 Å². The summed E-state index contributed by atoms with van der Waals surface area (Å²) < 4.78 is 33.0. The number of anilines is 1. The molecule has 150 valence electrons. The van der Waals surface area contributed by atoms with E-state index in [1.54, 1.807) is 37.3 Å². The third-order valence-electron chi connectivity index (χ3n) is 4.44. The SMILES string of the molecule is COc1cccc(C(=O)N(c2cc(C)ccc2C)S(=O)(=O)c2ccc(Cl)cc2)c1. The number of hydrogen-bond donors (Lipinski definition) is 0. The van der Waals surface area contributed by atoms with Gasteiger partial charge in [0.2, 0.25) is 0 Å². The lowest BCUT2D eigenvalue weighted by Gasteiger charge is -2.25. The number of carbonyl (C=O) groups is 1. The number of hydrogen-bond acceptors (Lipinski definition) is 4. The Morgan fingerprint density at radius 2 is 1.66 bits per heavy atom. The van der Waals surface area contributed by atoms with Gasteiger partial charge in [-0.05, 0) is 73.5 Å². The Kier molecular flexibility index (Phi) is 5.96. The Morgan fingerprint density at radius 1 is 0.966 bits per heavy atom. The fourth-order valence-corrected chi connectivity index (χ4v) is 4.47. The Morgan fingerprint density at radius 3 is 2.31 bits per heavy atom. The Bertz CT molecular complexity index is 1160. The van der Waals surface area contributed by atoms with Gasteiger partial charge in [0.05, 0.1) is 17.7 Å². The lowest BCUT2D eigenvalue weighted by molar-refractivity contribution is 0.100. The van der Waals surface area contributed by atoms with Gasteiger partial charge in [-0.3, -0.25) is 4.79 Å². The fourth-order valence-electron chi connectivity index (χ4n) is 2.87. The topological polar surface area (TPSA) is 63.7 Å². The largest absolute Gasteiger partial charge is 0.497 e. The van der Waals surface area contributed by atoms with Crippen LogP contribution in [0.4, 0.5) is 5.69 Å². The quantitative estimate of drug-likeness (QED) is 0.572.